The second kappa shape index (κ2) is 5.32. The lowest BCUT2D eigenvalue weighted by Crippen LogP contribution is -2.23. The van der Waals surface area contributed by atoms with Crippen molar-refractivity contribution in [2.45, 2.75) is 19.9 Å². The molecule has 0 spiro atoms. The molecule has 0 saturated heterocycles. The monoisotopic (exact) mass is 275 g/mol. The average Bonchev–Trinajstić information content (AvgIpc) is 2.70. The highest BCUT2D eigenvalue weighted by atomic mass is 16.4. The zero-order valence-corrected chi connectivity index (χ0v) is 11.8. The number of benzene rings is 1. The molecule has 0 saturated carbocycles. The highest BCUT2D eigenvalue weighted by Gasteiger charge is 2.15. The van der Waals surface area contributed by atoms with Crippen molar-refractivity contribution >= 4 is 22.9 Å². The molecular weight excluding hydrogens is 258 g/mol. The fourth-order valence-electron chi connectivity index (χ4n) is 2.15. The highest BCUT2D eigenvalue weighted by molar-refractivity contribution is 6.01. The molecule has 1 heterocycles. The molecule has 1 amide bonds. The van der Waals surface area contributed by atoms with Crippen molar-refractivity contribution in [2.24, 2.45) is 0 Å². The van der Waals surface area contributed by atoms with E-state index in [1.807, 2.05) is 17.6 Å². The van der Waals surface area contributed by atoms with Crippen LogP contribution in [-0.4, -0.2) is 45.5 Å². The van der Waals surface area contributed by atoms with Gasteiger partial charge in [-0.3, -0.25) is 4.79 Å². The number of hydrogen-bond acceptors (Lipinski definition) is 3. The standard InChI is InChI=1S/C14H17N3O3/c1-9-15-13-10(14(19)20)5-4-6-11(13)17(9)8-7-12(18)16(2)3/h4-6H,7-8H2,1-3H3,(H,19,20). The van der Waals surface area contributed by atoms with Gasteiger partial charge in [0.25, 0.3) is 0 Å². The molecule has 2 rings (SSSR count). The number of carbonyl (C=O) groups excluding carboxylic acids is 1. The Kier molecular flexibility index (Phi) is 3.74. The minimum absolute atomic E-state index is 0.0284. The molecule has 106 valence electrons. The van der Waals surface area contributed by atoms with Gasteiger partial charge in [-0.15, -0.1) is 0 Å². The summed E-state index contributed by atoms with van der Waals surface area (Å²) in [6, 6.07) is 5.05. The Morgan fingerprint density at radius 2 is 2.05 bits per heavy atom. The second-order valence-electron chi connectivity index (χ2n) is 4.83. The van der Waals surface area contributed by atoms with Crippen molar-refractivity contribution in [1.82, 2.24) is 14.5 Å². The number of carbonyl (C=O) groups is 2. The molecule has 1 N–H and O–H groups in total. The van der Waals surface area contributed by atoms with Gasteiger partial charge >= 0.3 is 5.97 Å². The minimum atomic E-state index is -0.996. The molecule has 0 aliphatic rings. The summed E-state index contributed by atoms with van der Waals surface area (Å²) in [6.07, 6.45) is 0.358. The summed E-state index contributed by atoms with van der Waals surface area (Å²) >= 11 is 0. The van der Waals surface area contributed by atoms with Crippen molar-refractivity contribution in [1.29, 1.82) is 0 Å². The largest absolute Gasteiger partial charge is 0.478 e. The van der Waals surface area contributed by atoms with E-state index < -0.39 is 5.97 Å². The summed E-state index contributed by atoms with van der Waals surface area (Å²) in [5.41, 5.74) is 1.40. The van der Waals surface area contributed by atoms with Crippen molar-refractivity contribution in [3.8, 4) is 0 Å². The molecule has 2 aromatic rings. The lowest BCUT2D eigenvalue weighted by molar-refractivity contribution is -0.128. The van der Waals surface area contributed by atoms with E-state index in [2.05, 4.69) is 4.98 Å². The van der Waals surface area contributed by atoms with Crippen LogP contribution in [0.5, 0.6) is 0 Å². The van der Waals surface area contributed by atoms with Crippen molar-refractivity contribution in [3.63, 3.8) is 0 Å². The van der Waals surface area contributed by atoms with E-state index >= 15 is 0 Å². The molecule has 6 nitrogen and oxygen atoms in total. The number of carboxylic acid groups (broad SMARTS) is 1. The van der Waals surface area contributed by atoms with Gasteiger partial charge < -0.3 is 14.6 Å². The van der Waals surface area contributed by atoms with Gasteiger partial charge in [0.1, 0.15) is 11.3 Å². The number of nitrogens with zero attached hydrogens (tertiary/aromatic N) is 3. The van der Waals surface area contributed by atoms with Crippen molar-refractivity contribution in [3.05, 3.63) is 29.6 Å². The number of aromatic carboxylic acids is 1. The predicted octanol–water partition coefficient (Wildman–Crippen LogP) is 1.52. The first-order valence-electron chi connectivity index (χ1n) is 6.31. The molecule has 1 aromatic carbocycles. The first-order chi connectivity index (χ1) is 9.41. The van der Waals surface area contributed by atoms with E-state index in [1.165, 1.54) is 11.0 Å². The zero-order chi connectivity index (χ0) is 14.9. The van der Waals surface area contributed by atoms with Crippen molar-refractivity contribution in [2.75, 3.05) is 14.1 Å². The lowest BCUT2D eigenvalue weighted by atomic mass is 10.2. The van der Waals surface area contributed by atoms with Crippen LogP contribution in [0.4, 0.5) is 0 Å². The van der Waals surface area contributed by atoms with Crippen LogP contribution in [0.2, 0.25) is 0 Å². The smallest absolute Gasteiger partial charge is 0.337 e. The third-order valence-electron chi connectivity index (χ3n) is 3.25. The van der Waals surface area contributed by atoms with Crippen molar-refractivity contribution < 1.29 is 14.7 Å². The van der Waals surface area contributed by atoms with Gasteiger partial charge in [-0.25, -0.2) is 9.78 Å². The molecule has 0 fully saturated rings. The van der Waals surface area contributed by atoms with Crippen LogP contribution in [-0.2, 0) is 11.3 Å². The van der Waals surface area contributed by atoms with Gasteiger partial charge in [0, 0.05) is 27.1 Å². The Hall–Kier alpha value is -2.37. The van der Waals surface area contributed by atoms with Crippen LogP contribution in [0.15, 0.2) is 18.2 Å². The fourth-order valence-corrected chi connectivity index (χ4v) is 2.15. The maximum absolute atomic E-state index is 11.7. The lowest BCUT2D eigenvalue weighted by Gasteiger charge is -2.11. The number of rotatable bonds is 4. The van der Waals surface area contributed by atoms with Crippen LogP contribution in [0, 0.1) is 6.92 Å². The summed E-state index contributed by atoms with van der Waals surface area (Å²) in [5.74, 6) is -0.259. The maximum Gasteiger partial charge on any atom is 0.337 e. The normalized spacial score (nSPS) is 10.8. The molecule has 0 radical (unpaired) electrons. The Labute approximate surface area is 116 Å². The number of aryl methyl sites for hydroxylation is 2. The Morgan fingerprint density at radius 1 is 1.35 bits per heavy atom. The van der Waals surface area contributed by atoms with Gasteiger partial charge in [0.15, 0.2) is 0 Å². The zero-order valence-electron chi connectivity index (χ0n) is 11.8. The highest BCUT2D eigenvalue weighted by Crippen LogP contribution is 2.20. The van der Waals surface area contributed by atoms with E-state index in [0.29, 0.717) is 24.3 Å². The van der Waals surface area contributed by atoms with Gasteiger partial charge in [0.05, 0.1) is 11.1 Å². The number of para-hydroxylation sites is 1. The maximum atomic E-state index is 11.7. The quantitative estimate of drug-likeness (QED) is 0.918. The Morgan fingerprint density at radius 3 is 2.65 bits per heavy atom. The molecule has 0 unspecified atom stereocenters. The first kappa shape index (κ1) is 14.0. The average molecular weight is 275 g/mol. The number of carboxylic acids is 1. The number of fused-ring (bicyclic) bond motifs is 1. The van der Waals surface area contributed by atoms with E-state index in [-0.39, 0.29) is 11.5 Å². The molecule has 20 heavy (non-hydrogen) atoms. The summed E-state index contributed by atoms with van der Waals surface area (Å²) in [4.78, 5) is 28.7. The Bertz CT molecular complexity index is 674. The van der Waals surface area contributed by atoms with Gasteiger partial charge in [-0.05, 0) is 19.1 Å². The summed E-state index contributed by atoms with van der Waals surface area (Å²) in [5, 5.41) is 9.16. The molecule has 0 atom stereocenters. The van der Waals surface area contributed by atoms with Crippen LogP contribution in [0.1, 0.15) is 22.6 Å². The van der Waals surface area contributed by atoms with Gasteiger partial charge in [0.2, 0.25) is 5.91 Å². The van der Waals surface area contributed by atoms with Crippen LogP contribution >= 0.6 is 0 Å². The summed E-state index contributed by atoms with van der Waals surface area (Å²) in [6.45, 7) is 2.30. The molecule has 0 aliphatic carbocycles. The number of aromatic nitrogens is 2. The molecular formula is C14H17N3O3. The van der Waals surface area contributed by atoms with E-state index in [4.69, 9.17) is 5.11 Å². The number of hydrogen-bond donors (Lipinski definition) is 1. The minimum Gasteiger partial charge on any atom is -0.478 e. The fraction of sp³-hybridized carbons (Fsp3) is 0.357. The van der Waals surface area contributed by atoms with E-state index in [9.17, 15) is 9.59 Å². The molecule has 6 heteroatoms. The first-order valence-corrected chi connectivity index (χ1v) is 6.31. The van der Waals surface area contributed by atoms with Gasteiger partial charge in [-0.2, -0.15) is 0 Å². The van der Waals surface area contributed by atoms with E-state index in [0.717, 1.165) is 5.52 Å². The third kappa shape index (κ3) is 2.49. The number of amides is 1. The van der Waals surface area contributed by atoms with Crippen LogP contribution < -0.4 is 0 Å². The summed E-state index contributed by atoms with van der Waals surface area (Å²) < 4.78 is 1.88. The van der Waals surface area contributed by atoms with Crippen LogP contribution in [0.3, 0.4) is 0 Å². The second-order valence-corrected chi connectivity index (χ2v) is 4.83. The summed E-state index contributed by atoms with van der Waals surface area (Å²) in [7, 11) is 3.42. The molecule has 0 aliphatic heterocycles. The predicted molar refractivity (Wildman–Crippen MR) is 74.7 cm³/mol. The molecule has 0 bridgehead atoms. The topological polar surface area (TPSA) is 75.4 Å². The number of imidazole rings is 1. The molecule has 1 aromatic heterocycles. The van der Waals surface area contributed by atoms with Crippen LogP contribution in [0.25, 0.3) is 11.0 Å². The van der Waals surface area contributed by atoms with E-state index in [1.54, 1.807) is 20.2 Å². The Balaban J connectivity index is 2.39. The van der Waals surface area contributed by atoms with Gasteiger partial charge in [-0.1, -0.05) is 6.07 Å². The third-order valence-corrected chi connectivity index (χ3v) is 3.25. The SMILES string of the molecule is Cc1nc2c(C(=O)O)cccc2n1CCC(=O)N(C)C.